The van der Waals surface area contributed by atoms with E-state index in [2.05, 4.69) is 22.8 Å². The van der Waals surface area contributed by atoms with Gasteiger partial charge in [-0.05, 0) is 32.6 Å². The van der Waals surface area contributed by atoms with E-state index in [4.69, 9.17) is 19.4 Å². The van der Waals surface area contributed by atoms with E-state index in [1.807, 2.05) is 0 Å². The zero-order valence-electron chi connectivity index (χ0n) is 13.6. The lowest BCUT2D eigenvalue weighted by Gasteiger charge is -2.38. The van der Waals surface area contributed by atoms with E-state index in [-0.39, 0.29) is 0 Å². The van der Waals surface area contributed by atoms with Crippen LogP contribution in [0.1, 0.15) is 31.4 Å². The summed E-state index contributed by atoms with van der Waals surface area (Å²) in [6, 6.07) is 4.01. The van der Waals surface area contributed by atoms with Crippen LogP contribution in [-0.4, -0.2) is 60.6 Å². The molecule has 0 aliphatic carbocycles. The first-order chi connectivity index (χ1) is 11.3. The Labute approximate surface area is 136 Å². The van der Waals surface area contributed by atoms with Crippen LogP contribution >= 0.6 is 0 Å². The third-order valence-corrected chi connectivity index (χ3v) is 5.81. The summed E-state index contributed by atoms with van der Waals surface area (Å²) in [6.45, 7) is 5.37. The van der Waals surface area contributed by atoms with Crippen LogP contribution in [0.3, 0.4) is 0 Å². The van der Waals surface area contributed by atoms with Crippen LogP contribution in [0.15, 0.2) is 6.07 Å². The van der Waals surface area contributed by atoms with Gasteiger partial charge < -0.3 is 19.3 Å². The van der Waals surface area contributed by atoms with Gasteiger partial charge in [-0.3, -0.25) is 0 Å². The van der Waals surface area contributed by atoms with Gasteiger partial charge in [-0.2, -0.15) is 4.98 Å². The van der Waals surface area contributed by atoms with E-state index < -0.39 is 0 Å². The molecule has 0 radical (unpaired) electrons. The lowest BCUT2D eigenvalue weighted by Crippen LogP contribution is -2.48. The minimum Gasteiger partial charge on any atom is -0.377 e. The molecule has 4 unspecified atom stereocenters. The first-order valence-electron chi connectivity index (χ1n) is 8.87. The second-order valence-corrected chi connectivity index (χ2v) is 7.33. The van der Waals surface area contributed by atoms with Gasteiger partial charge in [0.1, 0.15) is 5.82 Å². The van der Waals surface area contributed by atoms with E-state index in [0.717, 1.165) is 43.9 Å². The molecule has 0 amide bonds. The molecule has 1 aromatic rings. The normalized spacial score (nSPS) is 35.9. The first kappa shape index (κ1) is 14.0. The van der Waals surface area contributed by atoms with Crippen molar-refractivity contribution in [3.63, 3.8) is 0 Å². The molecule has 4 saturated heterocycles. The summed E-state index contributed by atoms with van der Waals surface area (Å²) in [4.78, 5) is 14.7. The Bertz CT molecular complexity index is 530. The molecule has 0 aromatic carbocycles. The number of aromatic nitrogens is 2. The molecular weight excluding hydrogens is 292 g/mol. The van der Waals surface area contributed by atoms with Gasteiger partial charge in [-0.15, -0.1) is 0 Å². The molecular formula is C17H24N4O2. The molecule has 4 fully saturated rings. The lowest BCUT2D eigenvalue weighted by molar-refractivity contribution is 0.0888. The zero-order valence-corrected chi connectivity index (χ0v) is 13.6. The van der Waals surface area contributed by atoms with Gasteiger partial charge in [-0.25, -0.2) is 4.98 Å². The molecule has 6 nitrogen and oxygen atoms in total. The Kier molecular flexibility index (Phi) is 3.23. The van der Waals surface area contributed by atoms with Crippen molar-refractivity contribution in [2.75, 3.05) is 36.2 Å². The molecule has 5 heterocycles. The summed E-state index contributed by atoms with van der Waals surface area (Å²) in [5, 5.41) is 0. The van der Waals surface area contributed by atoms with Gasteiger partial charge in [0.2, 0.25) is 5.95 Å². The second kappa shape index (κ2) is 5.31. The minimum atomic E-state index is 0.449. The Morgan fingerprint density at radius 1 is 0.826 bits per heavy atom. The minimum absolute atomic E-state index is 0.449. The Morgan fingerprint density at radius 3 is 1.91 bits per heavy atom. The van der Waals surface area contributed by atoms with E-state index in [9.17, 15) is 0 Å². The fraction of sp³-hybridized carbons (Fsp3) is 0.765. The number of anilines is 2. The monoisotopic (exact) mass is 316 g/mol. The van der Waals surface area contributed by atoms with Gasteiger partial charge in [-0.1, -0.05) is 0 Å². The zero-order chi connectivity index (χ0) is 15.4. The second-order valence-electron chi connectivity index (χ2n) is 7.33. The quantitative estimate of drug-likeness (QED) is 0.824. The number of aryl methyl sites for hydroxylation is 1. The number of fused-ring (bicyclic) bond motifs is 4. The third-order valence-electron chi connectivity index (χ3n) is 5.81. The SMILES string of the molecule is Cc1cc(N2C3CCC2COC3)nc(N2C3CCC2COC3)n1. The van der Waals surface area contributed by atoms with Crippen LogP contribution in [0.5, 0.6) is 0 Å². The molecule has 1 aromatic heterocycles. The van der Waals surface area contributed by atoms with Crippen molar-refractivity contribution in [2.45, 2.75) is 56.8 Å². The highest BCUT2D eigenvalue weighted by atomic mass is 16.5. The van der Waals surface area contributed by atoms with Crippen molar-refractivity contribution >= 4 is 11.8 Å². The van der Waals surface area contributed by atoms with Crippen LogP contribution in [0.2, 0.25) is 0 Å². The first-order valence-corrected chi connectivity index (χ1v) is 8.87. The Morgan fingerprint density at radius 2 is 1.35 bits per heavy atom. The molecule has 4 bridgehead atoms. The van der Waals surface area contributed by atoms with Gasteiger partial charge >= 0.3 is 0 Å². The van der Waals surface area contributed by atoms with Crippen molar-refractivity contribution in [1.82, 2.24) is 9.97 Å². The van der Waals surface area contributed by atoms with E-state index >= 15 is 0 Å². The van der Waals surface area contributed by atoms with Crippen LogP contribution in [0, 0.1) is 6.92 Å². The number of hydrogen-bond acceptors (Lipinski definition) is 6. The summed E-state index contributed by atoms with van der Waals surface area (Å²) < 4.78 is 11.4. The van der Waals surface area contributed by atoms with Gasteiger partial charge in [0, 0.05) is 11.8 Å². The van der Waals surface area contributed by atoms with Gasteiger partial charge in [0.15, 0.2) is 0 Å². The van der Waals surface area contributed by atoms with Crippen LogP contribution in [0.4, 0.5) is 11.8 Å². The van der Waals surface area contributed by atoms with Crippen molar-refractivity contribution in [1.29, 1.82) is 0 Å². The molecule has 4 aliphatic rings. The standard InChI is InChI=1S/C17H24N4O2/c1-11-6-16(20-12-2-3-13(20)8-22-7-12)19-17(18-11)21-14-4-5-15(21)10-23-9-14/h6,12-15H,2-5,7-10H2,1H3. The van der Waals surface area contributed by atoms with Crippen LogP contribution in [0.25, 0.3) is 0 Å². The Hall–Kier alpha value is -1.40. The maximum atomic E-state index is 5.72. The number of nitrogens with zero attached hydrogens (tertiary/aromatic N) is 4. The molecule has 0 spiro atoms. The van der Waals surface area contributed by atoms with Crippen molar-refractivity contribution < 1.29 is 9.47 Å². The smallest absolute Gasteiger partial charge is 0.228 e. The molecule has 4 atom stereocenters. The number of rotatable bonds is 2. The predicted molar refractivity (Wildman–Crippen MR) is 87.0 cm³/mol. The summed E-state index contributed by atoms with van der Waals surface area (Å²) in [5.74, 6) is 2.00. The average molecular weight is 316 g/mol. The summed E-state index contributed by atoms with van der Waals surface area (Å²) >= 11 is 0. The Balaban J connectivity index is 1.51. The molecule has 0 N–H and O–H groups in total. The summed E-state index contributed by atoms with van der Waals surface area (Å²) in [6.07, 6.45) is 4.82. The number of morpholine rings is 2. The van der Waals surface area contributed by atoms with Gasteiger partial charge in [0.25, 0.3) is 0 Å². The third kappa shape index (κ3) is 2.22. The summed E-state index contributed by atoms with van der Waals surface area (Å²) in [7, 11) is 0. The predicted octanol–water partition coefficient (Wildman–Crippen LogP) is 1.52. The van der Waals surface area contributed by atoms with E-state index in [1.54, 1.807) is 0 Å². The highest BCUT2D eigenvalue weighted by Gasteiger charge is 2.41. The van der Waals surface area contributed by atoms with Crippen LogP contribution < -0.4 is 9.80 Å². The average Bonchev–Trinajstić information content (AvgIpc) is 2.95. The fourth-order valence-electron chi connectivity index (χ4n) is 4.74. The largest absolute Gasteiger partial charge is 0.377 e. The lowest BCUT2D eigenvalue weighted by atomic mass is 10.2. The van der Waals surface area contributed by atoms with Gasteiger partial charge in [0.05, 0.1) is 50.6 Å². The molecule has 5 rings (SSSR count). The molecule has 0 saturated carbocycles. The highest BCUT2D eigenvalue weighted by Crippen LogP contribution is 2.36. The maximum absolute atomic E-state index is 5.72. The molecule has 6 heteroatoms. The number of hydrogen-bond donors (Lipinski definition) is 0. The highest BCUT2D eigenvalue weighted by molar-refractivity contribution is 5.50. The summed E-state index contributed by atoms with van der Waals surface area (Å²) in [5.41, 5.74) is 1.06. The topological polar surface area (TPSA) is 50.7 Å². The van der Waals surface area contributed by atoms with E-state index in [1.165, 1.54) is 25.7 Å². The van der Waals surface area contributed by atoms with Crippen LogP contribution in [-0.2, 0) is 9.47 Å². The molecule has 23 heavy (non-hydrogen) atoms. The maximum Gasteiger partial charge on any atom is 0.228 e. The van der Waals surface area contributed by atoms with Crippen molar-refractivity contribution in [3.8, 4) is 0 Å². The fourth-order valence-corrected chi connectivity index (χ4v) is 4.74. The van der Waals surface area contributed by atoms with E-state index in [0.29, 0.717) is 24.2 Å². The number of ether oxygens (including phenoxy) is 2. The van der Waals surface area contributed by atoms with Crippen molar-refractivity contribution in [2.24, 2.45) is 0 Å². The molecule has 124 valence electrons. The molecule has 4 aliphatic heterocycles. The van der Waals surface area contributed by atoms with Crippen molar-refractivity contribution in [3.05, 3.63) is 11.8 Å².